The normalized spacial score (nSPS) is 12.5. The number of rotatable bonds is 2. The minimum absolute atomic E-state index is 0.241. The molecule has 0 spiro atoms. The molecule has 6 heteroatoms. The molecule has 1 unspecified atom stereocenters. The molecule has 0 saturated heterocycles. The maximum atomic E-state index is 10.4. The lowest BCUT2D eigenvalue weighted by molar-refractivity contribution is -0.138. The third-order valence-electron chi connectivity index (χ3n) is 1.22. The lowest BCUT2D eigenvalue weighted by Crippen LogP contribution is -2.21. The van der Waals surface area contributed by atoms with Gasteiger partial charge in [0.25, 0.3) is 0 Å². The summed E-state index contributed by atoms with van der Waals surface area (Å²) in [6.07, 6.45) is 2.72. The highest BCUT2D eigenvalue weighted by atomic mass is 79.9. The topological polar surface area (TPSA) is 89.1 Å². The van der Waals surface area contributed by atoms with E-state index in [9.17, 15) is 4.79 Å². The van der Waals surface area contributed by atoms with Crippen LogP contribution in [0.4, 0.5) is 0 Å². The van der Waals surface area contributed by atoms with Crippen LogP contribution in [-0.2, 0) is 4.79 Å². The molecule has 0 bridgehead atoms. The fourth-order valence-corrected chi connectivity index (χ4v) is 0.814. The highest BCUT2D eigenvalue weighted by Gasteiger charge is 2.15. The first-order valence-corrected chi connectivity index (χ1v) is 3.86. The van der Waals surface area contributed by atoms with Crippen LogP contribution < -0.4 is 5.73 Å². The Morgan fingerprint density at radius 1 is 1.58 bits per heavy atom. The average molecular weight is 232 g/mol. The van der Waals surface area contributed by atoms with Gasteiger partial charge in [-0.25, -0.2) is 4.98 Å². The summed E-state index contributed by atoms with van der Waals surface area (Å²) in [5, 5.41) is 8.50. The summed E-state index contributed by atoms with van der Waals surface area (Å²) >= 11 is 3.07. The van der Waals surface area contributed by atoms with Gasteiger partial charge in [0.1, 0.15) is 10.6 Å². The van der Waals surface area contributed by atoms with Crippen molar-refractivity contribution in [2.75, 3.05) is 0 Å². The van der Waals surface area contributed by atoms with Crippen LogP contribution in [0, 0.1) is 0 Å². The SMILES string of the molecule is NC(C(=O)O)c1cnc(Br)cn1. The van der Waals surface area contributed by atoms with Crippen molar-refractivity contribution in [2.45, 2.75) is 6.04 Å². The van der Waals surface area contributed by atoms with Crippen molar-refractivity contribution in [2.24, 2.45) is 5.73 Å². The molecule has 1 aromatic rings. The molecule has 1 aromatic heterocycles. The van der Waals surface area contributed by atoms with E-state index in [-0.39, 0.29) is 5.69 Å². The highest BCUT2D eigenvalue weighted by Crippen LogP contribution is 2.08. The van der Waals surface area contributed by atoms with Crippen LogP contribution in [-0.4, -0.2) is 21.0 Å². The monoisotopic (exact) mass is 231 g/mol. The maximum Gasteiger partial charge on any atom is 0.326 e. The molecule has 0 aromatic carbocycles. The Bertz CT molecular complexity index is 287. The second kappa shape index (κ2) is 3.59. The zero-order valence-corrected chi connectivity index (χ0v) is 7.52. The Kier molecular flexibility index (Phi) is 2.72. The number of carboxylic acid groups (broad SMARTS) is 1. The number of aromatic nitrogens is 2. The van der Waals surface area contributed by atoms with E-state index in [4.69, 9.17) is 10.8 Å². The minimum Gasteiger partial charge on any atom is -0.480 e. The van der Waals surface area contributed by atoms with Gasteiger partial charge in [-0.1, -0.05) is 0 Å². The van der Waals surface area contributed by atoms with E-state index in [2.05, 4.69) is 25.9 Å². The molecule has 12 heavy (non-hydrogen) atoms. The van der Waals surface area contributed by atoms with Crippen LogP contribution in [0.3, 0.4) is 0 Å². The smallest absolute Gasteiger partial charge is 0.326 e. The first-order chi connectivity index (χ1) is 5.61. The quantitative estimate of drug-likeness (QED) is 0.766. The van der Waals surface area contributed by atoms with E-state index in [0.29, 0.717) is 4.60 Å². The second-order valence-electron chi connectivity index (χ2n) is 2.08. The number of carboxylic acids is 1. The number of hydrogen-bond acceptors (Lipinski definition) is 4. The van der Waals surface area contributed by atoms with Crippen molar-refractivity contribution in [1.29, 1.82) is 0 Å². The van der Waals surface area contributed by atoms with E-state index in [1.54, 1.807) is 0 Å². The van der Waals surface area contributed by atoms with Crippen molar-refractivity contribution >= 4 is 21.9 Å². The Balaban J connectivity index is 2.89. The molecule has 0 aliphatic rings. The van der Waals surface area contributed by atoms with E-state index in [1.165, 1.54) is 12.4 Å². The van der Waals surface area contributed by atoms with Crippen LogP contribution in [0.2, 0.25) is 0 Å². The summed E-state index contributed by atoms with van der Waals surface area (Å²) in [4.78, 5) is 18.0. The zero-order chi connectivity index (χ0) is 9.14. The molecule has 64 valence electrons. The number of aliphatic carboxylic acids is 1. The summed E-state index contributed by atoms with van der Waals surface area (Å²) in [5.74, 6) is -1.12. The average Bonchev–Trinajstić information content (AvgIpc) is 2.04. The Labute approximate surface area is 76.8 Å². The van der Waals surface area contributed by atoms with E-state index in [0.717, 1.165) is 0 Å². The third-order valence-corrected chi connectivity index (χ3v) is 1.63. The van der Waals surface area contributed by atoms with E-state index < -0.39 is 12.0 Å². The van der Waals surface area contributed by atoms with Gasteiger partial charge in [-0.15, -0.1) is 0 Å². The third kappa shape index (κ3) is 1.99. The van der Waals surface area contributed by atoms with E-state index in [1.807, 2.05) is 0 Å². The standard InChI is InChI=1S/C6H6BrN3O2/c7-4-2-9-3(1-10-4)5(8)6(11)12/h1-2,5H,8H2,(H,11,12). The molecule has 1 rings (SSSR count). The van der Waals surface area contributed by atoms with E-state index >= 15 is 0 Å². The number of hydrogen-bond donors (Lipinski definition) is 2. The predicted molar refractivity (Wildman–Crippen MR) is 44.3 cm³/mol. The van der Waals surface area contributed by atoms with Gasteiger partial charge in [0.05, 0.1) is 18.1 Å². The largest absolute Gasteiger partial charge is 0.480 e. The molecule has 1 atom stereocenters. The Hall–Kier alpha value is -1.01. The predicted octanol–water partition coefficient (Wildman–Crippen LogP) is 0.323. The summed E-state index contributed by atoms with van der Waals surface area (Å²) in [5.41, 5.74) is 5.51. The summed E-state index contributed by atoms with van der Waals surface area (Å²) in [7, 11) is 0. The van der Waals surface area contributed by atoms with Crippen molar-refractivity contribution in [3.63, 3.8) is 0 Å². The van der Waals surface area contributed by atoms with Crippen molar-refractivity contribution in [1.82, 2.24) is 9.97 Å². The molecule has 0 fully saturated rings. The molecule has 5 nitrogen and oxygen atoms in total. The van der Waals surface area contributed by atoms with Gasteiger partial charge in [-0.2, -0.15) is 0 Å². The van der Waals surface area contributed by atoms with Gasteiger partial charge >= 0.3 is 5.97 Å². The zero-order valence-electron chi connectivity index (χ0n) is 5.94. The molecular formula is C6H6BrN3O2. The summed E-state index contributed by atoms with van der Waals surface area (Å²) in [6.45, 7) is 0. The molecule has 3 N–H and O–H groups in total. The lowest BCUT2D eigenvalue weighted by atomic mass is 10.2. The Morgan fingerprint density at radius 3 is 2.67 bits per heavy atom. The van der Waals surface area contributed by atoms with Crippen molar-refractivity contribution in [3.8, 4) is 0 Å². The van der Waals surface area contributed by atoms with Crippen LogP contribution in [0.15, 0.2) is 17.0 Å². The first kappa shape index (κ1) is 9.08. The number of halogens is 1. The molecule has 1 heterocycles. The fourth-order valence-electron chi connectivity index (χ4n) is 0.609. The number of carbonyl (C=O) groups is 1. The first-order valence-electron chi connectivity index (χ1n) is 3.07. The van der Waals surface area contributed by atoms with Gasteiger partial charge < -0.3 is 10.8 Å². The van der Waals surface area contributed by atoms with Crippen LogP contribution >= 0.6 is 15.9 Å². The maximum absolute atomic E-state index is 10.4. The highest BCUT2D eigenvalue weighted by molar-refractivity contribution is 9.10. The molecule has 0 aliphatic heterocycles. The molecule has 0 amide bonds. The van der Waals surface area contributed by atoms with Gasteiger partial charge in [0.15, 0.2) is 0 Å². The molecule has 0 saturated carbocycles. The summed E-state index contributed by atoms with van der Waals surface area (Å²) in [6, 6.07) is -1.11. The van der Waals surface area contributed by atoms with Crippen molar-refractivity contribution in [3.05, 3.63) is 22.7 Å². The van der Waals surface area contributed by atoms with Gasteiger partial charge in [0.2, 0.25) is 0 Å². The van der Waals surface area contributed by atoms with Gasteiger partial charge in [-0.3, -0.25) is 9.78 Å². The lowest BCUT2D eigenvalue weighted by Gasteiger charge is -2.03. The van der Waals surface area contributed by atoms with Crippen LogP contribution in [0.25, 0.3) is 0 Å². The number of nitrogens with two attached hydrogens (primary N) is 1. The van der Waals surface area contributed by atoms with Crippen molar-refractivity contribution < 1.29 is 9.90 Å². The second-order valence-corrected chi connectivity index (χ2v) is 2.89. The fraction of sp³-hybridized carbons (Fsp3) is 0.167. The molecule has 0 radical (unpaired) electrons. The number of nitrogens with zero attached hydrogens (tertiary/aromatic N) is 2. The summed E-state index contributed by atoms with van der Waals surface area (Å²) < 4.78 is 0.545. The van der Waals surface area contributed by atoms with Crippen LogP contribution in [0.5, 0.6) is 0 Å². The minimum atomic E-state index is -1.12. The molecule has 0 aliphatic carbocycles. The van der Waals surface area contributed by atoms with Crippen LogP contribution in [0.1, 0.15) is 11.7 Å². The van der Waals surface area contributed by atoms with Gasteiger partial charge in [0, 0.05) is 0 Å². The Morgan fingerprint density at radius 2 is 2.25 bits per heavy atom. The molecular weight excluding hydrogens is 226 g/mol. The van der Waals surface area contributed by atoms with Gasteiger partial charge in [-0.05, 0) is 15.9 Å².